The van der Waals surface area contributed by atoms with Gasteiger partial charge in [0.25, 0.3) is 0 Å². The SMILES string of the molecule is CC1CCC(NC(=O)Cc2cc(Cl)c3c(c2)OCCO3)CC1. The van der Waals surface area contributed by atoms with E-state index in [2.05, 4.69) is 12.2 Å². The average molecular weight is 324 g/mol. The van der Waals surface area contributed by atoms with Crippen molar-refractivity contribution in [2.24, 2.45) is 5.92 Å². The first-order valence-corrected chi connectivity index (χ1v) is 8.37. The van der Waals surface area contributed by atoms with Crippen molar-refractivity contribution in [3.05, 3.63) is 22.7 Å². The van der Waals surface area contributed by atoms with Gasteiger partial charge in [0.15, 0.2) is 11.5 Å². The van der Waals surface area contributed by atoms with Crippen molar-refractivity contribution in [2.45, 2.75) is 45.1 Å². The van der Waals surface area contributed by atoms with Crippen LogP contribution in [0.4, 0.5) is 0 Å². The van der Waals surface area contributed by atoms with Gasteiger partial charge in [0.1, 0.15) is 13.2 Å². The summed E-state index contributed by atoms with van der Waals surface area (Å²) in [5.74, 6) is 2.04. The monoisotopic (exact) mass is 323 g/mol. The standard InChI is InChI=1S/C17H22ClNO3/c1-11-2-4-13(5-3-11)19-16(20)10-12-8-14(18)17-15(9-12)21-6-7-22-17/h8-9,11,13H,2-7,10H2,1H3,(H,19,20). The van der Waals surface area contributed by atoms with Crippen LogP contribution in [0.1, 0.15) is 38.2 Å². The zero-order valence-corrected chi connectivity index (χ0v) is 13.6. The highest BCUT2D eigenvalue weighted by Gasteiger charge is 2.21. The van der Waals surface area contributed by atoms with Crippen LogP contribution < -0.4 is 14.8 Å². The first-order chi connectivity index (χ1) is 10.6. The quantitative estimate of drug-likeness (QED) is 0.928. The molecule has 1 fully saturated rings. The number of hydrogen-bond donors (Lipinski definition) is 1. The summed E-state index contributed by atoms with van der Waals surface area (Å²) in [6.07, 6.45) is 4.87. The van der Waals surface area contributed by atoms with Gasteiger partial charge >= 0.3 is 0 Å². The molecule has 1 aromatic carbocycles. The number of fused-ring (bicyclic) bond motifs is 1. The normalized spacial score (nSPS) is 23.9. The number of carbonyl (C=O) groups excluding carboxylic acids is 1. The number of hydrogen-bond acceptors (Lipinski definition) is 3. The zero-order valence-electron chi connectivity index (χ0n) is 12.9. The molecule has 22 heavy (non-hydrogen) atoms. The van der Waals surface area contributed by atoms with Crippen molar-refractivity contribution in [3.63, 3.8) is 0 Å². The maximum Gasteiger partial charge on any atom is 0.224 e. The molecule has 2 aliphatic rings. The fraction of sp³-hybridized carbons (Fsp3) is 0.588. The van der Waals surface area contributed by atoms with Gasteiger partial charge in [0.05, 0.1) is 11.4 Å². The topological polar surface area (TPSA) is 47.6 Å². The van der Waals surface area contributed by atoms with Gasteiger partial charge in [-0.2, -0.15) is 0 Å². The molecule has 0 unspecified atom stereocenters. The lowest BCUT2D eigenvalue weighted by Gasteiger charge is -2.27. The first-order valence-electron chi connectivity index (χ1n) is 7.99. The molecule has 120 valence electrons. The Hall–Kier alpha value is -1.42. The third kappa shape index (κ3) is 3.67. The Morgan fingerprint density at radius 3 is 2.73 bits per heavy atom. The highest BCUT2D eigenvalue weighted by Crippen LogP contribution is 2.38. The van der Waals surface area contributed by atoms with Crippen molar-refractivity contribution in [3.8, 4) is 11.5 Å². The molecule has 1 aromatic rings. The Morgan fingerprint density at radius 2 is 1.95 bits per heavy atom. The minimum Gasteiger partial charge on any atom is -0.486 e. The number of benzene rings is 1. The summed E-state index contributed by atoms with van der Waals surface area (Å²) in [5.41, 5.74) is 0.857. The van der Waals surface area contributed by atoms with E-state index in [1.54, 1.807) is 6.07 Å². The number of halogens is 1. The predicted octanol–water partition coefficient (Wildman–Crippen LogP) is 3.35. The van der Waals surface area contributed by atoms with Crippen LogP contribution in [-0.2, 0) is 11.2 Å². The van der Waals surface area contributed by atoms with Gasteiger partial charge in [0, 0.05) is 6.04 Å². The molecule has 0 aromatic heterocycles. The Morgan fingerprint density at radius 1 is 1.23 bits per heavy atom. The first kappa shape index (κ1) is 15.5. The molecular weight excluding hydrogens is 302 g/mol. The van der Waals surface area contributed by atoms with Crippen LogP contribution in [0.2, 0.25) is 5.02 Å². The van der Waals surface area contributed by atoms with Crippen LogP contribution in [0.3, 0.4) is 0 Å². The summed E-state index contributed by atoms with van der Waals surface area (Å²) in [7, 11) is 0. The maximum atomic E-state index is 12.2. The molecule has 1 N–H and O–H groups in total. The maximum absolute atomic E-state index is 12.2. The summed E-state index contributed by atoms with van der Waals surface area (Å²) >= 11 is 6.20. The van der Waals surface area contributed by atoms with Crippen molar-refractivity contribution in [1.82, 2.24) is 5.32 Å². The Kier molecular flexibility index (Phi) is 4.77. The Bertz CT molecular complexity index is 553. The number of amides is 1. The predicted molar refractivity (Wildman–Crippen MR) is 85.7 cm³/mol. The lowest BCUT2D eigenvalue weighted by molar-refractivity contribution is -0.121. The van der Waals surface area contributed by atoms with Crippen LogP contribution in [0.5, 0.6) is 11.5 Å². The van der Waals surface area contributed by atoms with Crippen molar-refractivity contribution in [1.29, 1.82) is 0 Å². The molecule has 1 saturated carbocycles. The summed E-state index contributed by atoms with van der Waals surface area (Å²) in [6, 6.07) is 3.96. The highest BCUT2D eigenvalue weighted by atomic mass is 35.5. The fourth-order valence-corrected chi connectivity index (χ4v) is 3.42. The molecular formula is C17H22ClNO3. The van der Waals surface area contributed by atoms with Crippen LogP contribution in [0, 0.1) is 5.92 Å². The largest absolute Gasteiger partial charge is 0.486 e. The number of rotatable bonds is 3. The number of ether oxygens (including phenoxy) is 2. The van der Waals surface area contributed by atoms with Gasteiger partial charge in [-0.05, 0) is 49.3 Å². The van der Waals surface area contributed by atoms with E-state index in [0.29, 0.717) is 42.2 Å². The average Bonchev–Trinajstić information content (AvgIpc) is 2.49. The molecule has 1 amide bonds. The molecule has 1 aliphatic heterocycles. The van der Waals surface area contributed by atoms with Crippen LogP contribution >= 0.6 is 11.6 Å². The highest BCUT2D eigenvalue weighted by molar-refractivity contribution is 6.32. The third-order valence-electron chi connectivity index (χ3n) is 4.40. The minimum atomic E-state index is 0.0484. The molecule has 0 radical (unpaired) electrons. The molecule has 3 rings (SSSR count). The van der Waals surface area contributed by atoms with Crippen molar-refractivity contribution >= 4 is 17.5 Å². The van der Waals surface area contributed by atoms with E-state index in [4.69, 9.17) is 21.1 Å². The number of nitrogens with one attached hydrogen (secondary N) is 1. The molecule has 5 heteroatoms. The Labute approximate surface area is 136 Å². The summed E-state index contributed by atoms with van der Waals surface area (Å²) in [5, 5.41) is 3.64. The molecule has 1 aliphatic carbocycles. The summed E-state index contributed by atoms with van der Waals surface area (Å²) in [4.78, 5) is 12.2. The smallest absolute Gasteiger partial charge is 0.224 e. The fourth-order valence-electron chi connectivity index (χ4n) is 3.13. The van der Waals surface area contributed by atoms with Gasteiger partial charge in [-0.3, -0.25) is 4.79 Å². The van der Waals surface area contributed by atoms with Crippen molar-refractivity contribution < 1.29 is 14.3 Å². The Balaban J connectivity index is 1.60. The lowest BCUT2D eigenvalue weighted by atomic mass is 9.87. The molecule has 1 heterocycles. The molecule has 0 saturated heterocycles. The van der Waals surface area contributed by atoms with Crippen LogP contribution in [-0.4, -0.2) is 25.2 Å². The zero-order chi connectivity index (χ0) is 15.5. The summed E-state index contributed by atoms with van der Waals surface area (Å²) < 4.78 is 11.0. The van der Waals surface area contributed by atoms with E-state index < -0.39 is 0 Å². The number of carbonyl (C=O) groups is 1. The molecule has 0 bridgehead atoms. The third-order valence-corrected chi connectivity index (χ3v) is 4.68. The van der Waals surface area contributed by atoms with E-state index in [9.17, 15) is 4.79 Å². The van der Waals surface area contributed by atoms with E-state index in [1.807, 2.05) is 6.07 Å². The van der Waals surface area contributed by atoms with Crippen molar-refractivity contribution in [2.75, 3.05) is 13.2 Å². The van der Waals surface area contributed by atoms with Crippen LogP contribution in [0.25, 0.3) is 0 Å². The van der Waals surface area contributed by atoms with E-state index in [0.717, 1.165) is 24.3 Å². The van der Waals surface area contributed by atoms with E-state index in [1.165, 1.54) is 12.8 Å². The van der Waals surface area contributed by atoms with E-state index in [-0.39, 0.29) is 5.91 Å². The lowest BCUT2D eigenvalue weighted by Crippen LogP contribution is -2.38. The van der Waals surface area contributed by atoms with Gasteiger partial charge < -0.3 is 14.8 Å². The minimum absolute atomic E-state index is 0.0484. The van der Waals surface area contributed by atoms with Gasteiger partial charge in [-0.15, -0.1) is 0 Å². The molecule has 4 nitrogen and oxygen atoms in total. The second kappa shape index (κ2) is 6.78. The summed E-state index contributed by atoms with van der Waals surface area (Å²) in [6.45, 7) is 3.29. The van der Waals surface area contributed by atoms with E-state index >= 15 is 0 Å². The molecule has 0 spiro atoms. The van der Waals surface area contributed by atoms with Gasteiger partial charge in [0.2, 0.25) is 5.91 Å². The second-order valence-electron chi connectivity index (χ2n) is 6.30. The van der Waals surface area contributed by atoms with Gasteiger partial charge in [-0.25, -0.2) is 0 Å². The second-order valence-corrected chi connectivity index (χ2v) is 6.71. The molecule has 0 atom stereocenters. The van der Waals surface area contributed by atoms with Crippen LogP contribution in [0.15, 0.2) is 12.1 Å². The van der Waals surface area contributed by atoms with Gasteiger partial charge in [-0.1, -0.05) is 18.5 Å².